The van der Waals surface area contributed by atoms with Crippen LogP contribution in [-0.2, 0) is 19.1 Å². The van der Waals surface area contributed by atoms with Crippen molar-refractivity contribution in [1.82, 2.24) is 9.80 Å². The molecule has 1 saturated heterocycles. The zero-order valence-electron chi connectivity index (χ0n) is 13.0. The lowest BCUT2D eigenvalue weighted by Crippen LogP contribution is -2.48. The molecular weight excluding hydrogens is 288 g/mol. The van der Waals surface area contributed by atoms with Gasteiger partial charge in [0.25, 0.3) is 0 Å². The van der Waals surface area contributed by atoms with Gasteiger partial charge in [-0.25, -0.2) is 0 Å². The van der Waals surface area contributed by atoms with Crippen molar-refractivity contribution in [1.29, 1.82) is 0 Å². The monoisotopic (exact) mass is 312 g/mol. The molecule has 1 N–H and O–H groups in total. The van der Waals surface area contributed by atoms with Gasteiger partial charge in [-0.1, -0.05) is 0 Å². The maximum absolute atomic E-state index is 12.6. The molecule has 2 amide bonds. The van der Waals surface area contributed by atoms with Crippen LogP contribution >= 0.6 is 0 Å². The fraction of sp³-hybridized carbons (Fsp3) is 0.800. The number of methoxy groups -OCH3 is 1. The summed E-state index contributed by atoms with van der Waals surface area (Å²) in [6.07, 6.45) is 3.40. The average Bonchev–Trinajstić information content (AvgIpc) is 3.34. The second-order valence-electron chi connectivity index (χ2n) is 6.04. The summed E-state index contributed by atoms with van der Waals surface area (Å²) in [5.74, 6) is -1.22. The molecule has 0 bridgehead atoms. The van der Waals surface area contributed by atoms with E-state index in [9.17, 15) is 14.4 Å². The van der Waals surface area contributed by atoms with Crippen LogP contribution in [0.1, 0.15) is 25.7 Å². The molecule has 1 saturated carbocycles. The Kier molecular flexibility index (Phi) is 5.76. The quantitative estimate of drug-likeness (QED) is 0.725. The van der Waals surface area contributed by atoms with E-state index in [1.165, 1.54) is 12.0 Å². The number of likely N-dealkylation sites (tertiary alicyclic amines) is 1. The molecule has 0 aromatic rings. The summed E-state index contributed by atoms with van der Waals surface area (Å²) in [7, 11) is 1.51. The summed E-state index contributed by atoms with van der Waals surface area (Å²) in [5, 5.41) is 8.95. The normalized spacial score (nSPS) is 21.5. The Bertz CT molecular complexity index is 436. The highest BCUT2D eigenvalue weighted by Crippen LogP contribution is 2.32. The van der Waals surface area contributed by atoms with Gasteiger partial charge in [0, 0.05) is 32.7 Å². The number of carbonyl (C=O) groups is 3. The van der Waals surface area contributed by atoms with Gasteiger partial charge in [-0.3, -0.25) is 14.4 Å². The minimum atomic E-state index is -1.04. The topological polar surface area (TPSA) is 87.2 Å². The SMILES string of the molecule is COCCN(CC(=O)O)C(=O)C1CCCN(C(=O)C2CC2)C1. The molecule has 2 aliphatic rings. The van der Waals surface area contributed by atoms with Crippen molar-refractivity contribution in [3.63, 3.8) is 0 Å². The maximum atomic E-state index is 12.6. The Hall–Kier alpha value is -1.63. The smallest absolute Gasteiger partial charge is 0.323 e. The summed E-state index contributed by atoms with van der Waals surface area (Å²) in [5.41, 5.74) is 0. The average molecular weight is 312 g/mol. The summed E-state index contributed by atoms with van der Waals surface area (Å²) >= 11 is 0. The van der Waals surface area contributed by atoms with Crippen LogP contribution in [0, 0.1) is 11.8 Å². The number of nitrogens with zero attached hydrogens (tertiary/aromatic N) is 2. The van der Waals surface area contributed by atoms with Crippen molar-refractivity contribution >= 4 is 17.8 Å². The van der Waals surface area contributed by atoms with Gasteiger partial charge in [0.2, 0.25) is 11.8 Å². The molecule has 1 unspecified atom stereocenters. The van der Waals surface area contributed by atoms with Gasteiger partial charge in [-0.2, -0.15) is 0 Å². The second-order valence-corrected chi connectivity index (χ2v) is 6.04. The van der Waals surface area contributed by atoms with Crippen molar-refractivity contribution in [2.75, 3.05) is 39.9 Å². The van der Waals surface area contributed by atoms with E-state index in [1.807, 2.05) is 0 Å². The molecular formula is C15H24N2O5. The maximum Gasteiger partial charge on any atom is 0.323 e. The van der Waals surface area contributed by atoms with E-state index in [1.54, 1.807) is 4.90 Å². The first kappa shape index (κ1) is 16.7. The van der Waals surface area contributed by atoms with Gasteiger partial charge < -0.3 is 19.6 Å². The van der Waals surface area contributed by atoms with Gasteiger partial charge in [0.05, 0.1) is 12.5 Å². The Balaban J connectivity index is 1.95. The van der Waals surface area contributed by atoms with Gasteiger partial charge in [-0.15, -0.1) is 0 Å². The van der Waals surface area contributed by atoms with Gasteiger partial charge in [-0.05, 0) is 25.7 Å². The Morgan fingerprint density at radius 2 is 1.95 bits per heavy atom. The van der Waals surface area contributed by atoms with Crippen molar-refractivity contribution in [2.45, 2.75) is 25.7 Å². The number of hydrogen-bond acceptors (Lipinski definition) is 4. The molecule has 0 radical (unpaired) electrons. The third kappa shape index (κ3) is 4.43. The molecule has 7 heteroatoms. The van der Waals surface area contributed by atoms with Crippen LogP contribution in [0.4, 0.5) is 0 Å². The van der Waals surface area contributed by atoms with Crippen LogP contribution in [0.15, 0.2) is 0 Å². The fourth-order valence-corrected chi connectivity index (χ4v) is 2.86. The molecule has 2 rings (SSSR count). The highest BCUT2D eigenvalue weighted by molar-refractivity contribution is 5.85. The predicted molar refractivity (Wildman–Crippen MR) is 78.1 cm³/mol. The largest absolute Gasteiger partial charge is 0.480 e. The van der Waals surface area contributed by atoms with Crippen molar-refractivity contribution in [3.8, 4) is 0 Å². The highest BCUT2D eigenvalue weighted by atomic mass is 16.5. The molecule has 1 heterocycles. The third-order valence-electron chi connectivity index (χ3n) is 4.21. The predicted octanol–water partition coefficient (Wildman–Crippen LogP) is 0.195. The highest BCUT2D eigenvalue weighted by Gasteiger charge is 2.37. The first-order valence-electron chi connectivity index (χ1n) is 7.81. The standard InChI is InChI=1S/C15H24N2O5/c1-22-8-7-17(10-13(18)19)15(21)12-3-2-6-16(9-12)14(20)11-4-5-11/h11-12H,2-10H2,1H3,(H,18,19). The third-order valence-corrected chi connectivity index (χ3v) is 4.21. The number of ether oxygens (including phenoxy) is 1. The van der Waals surface area contributed by atoms with Crippen molar-refractivity contribution in [3.05, 3.63) is 0 Å². The van der Waals surface area contributed by atoms with Crippen LogP contribution in [-0.4, -0.2) is 72.6 Å². The molecule has 1 aliphatic carbocycles. The van der Waals surface area contributed by atoms with Crippen molar-refractivity contribution in [2.24, 2.45) is 11.8 Å². The van der Waals surface area contributed by atoms with E-state index in [0.29, 0.717) is 26.1 Å². The number of aliphatic carboxylic acids is 1. The second kappa shape index (κ2) is 7.58. The molecule has 124 valence electrons. The Labute approximate surface area is 130 Å². The molecule has 0 spiro atoms. The zero-order valence-corrected chi connectivity index (χ0v) is 13.0. The summed E-state index contributed by atoms with van der Waals surface area (Å²) in [4.78, 5) is 38.7. The van der Waals surface area contributed by atoms with E-state index < -0.39 is 5.97 Å². The molecule has 2 fully saturated rings. The lowest BCUT2D eigenvalue weighted by atomic mass is 9.96. The number of carboxylic acids is 1. The molecule has 0 aromatic heterocycles. The molecule has 7 nitrogen and oxygen atoms in total. The summed E-state index contributed by atoms with van der Waals surface area (Å²) < 4.78 is 4.94. The lowest BCUT2D eigenvalue weighted by molar-refractivity contribution is -0.149. The van der Waals surface area contributed by atoms with Crippen LogP contribution in [0.2, 0.25) is 0 Å². The van der Waals surface area contributed by atoms with Gasteiger partial charge in [0.1, 0.15) is 6.54 Å². The van der Waals surface area contributed by atoms with E-state index in [2.05, 4.69) is 0 Å². The van der Waals surface area contributed by atoms with Crippen molar-refractivity contribution < 1.29 is 24.2 Å². The fourth-order valence-electron chi connectivity index (χ4n) is 2.86. The number of hydrogen-bond donors (Lipinski definition) is 1. The Morgan fingerprint density at radius 3 is 2.55 bits per heavy atom. The zero-order chi connectivity index (χ0) is 16.1. The molecule has 1 aliphatic heterocycles. The number of carbonyl (C=O) groups excluding carboxylic acids is 2. The number of amides is 2. The molecule has 0 aromatic carbocycles. The number of carboxylic acid groups (broad SMARTS) is 1. The first-order valence-corrected chi connectivity index (χ1v) is 7.81. The molecule has 22 heavy (non-hydrogen) atoms. The van der Waals surface area contributed by atoms with Crippen LogP contribution < -0.4 is 0 Å². The van der Waals surface area contributed by atoms with Crippen LogP contribution in [0.3, 0.4) is 0 Å². The summed E-state index contributed by atoms with van der Waals surface area (Å²) in [6.45, 7) is 1.35. The first-order chi connectivity index (χ1) is 10.5. The lowest BCUT2D eigenvalue weighted by Gasteiger charge is -2.34. The number of rotatable bonds is 7. The molecule has 1 atom stereocenters. The minimum Gasteiger partial charge on any atom is -0.480 e. The van der Waals surface area contributed by atoms with E-state index in [-0.39, 0.29) is 36.7 Å². The van der Waals surface area contributed by atoms with Gasteiger partial charge >= 0.3 is 5.97 Å². The van der Waals surface area contributed by atoms with E-state index >= 15 is 0 Å². The van der Waals surface area contributed by atoms with E-state index in [4.69, 9.17) is 9.84 Å². The summed E-state index contributed by atoms with van der Waals surface area (Å²) in [6, 6.07) is 0. The van der Waals surface area contributed by atoms with Crippen LogP contribution in [0.25, 0.3) is 0 Å². The van der Waals surface area contributed by atoms with Gasteiger partial charge in [0.15, 0.2) is 0 Å². The Morgan fingerprint density at radius 1 is 1.23 bits per heavy atom. The number of piperidine rings is 1. The minimum absolute atomic E-state index is 0.150. The van der Waals surface area contributed by atoms with E-state index in [0.717, 1.165) is 19.3 Å². The van der Waals surface area contributed by atoms with Crippen LogP contribution in [0.5, 0.6) is 0 Å².